The average molecular weight is 480 g/mol. The molecular weight excluding hydrogens is 438 g/mol. The molecule has 0 aliphatic carbocycles. The smallest absolute Gasteiger partial charge is 0.323 e. The molecule has 7 nitrogen and oxygen atoms in total. The van der Waals surface area contributed by atoms with Gasteiger partial charge in [-0.1, -0.05) is 39.8 Å². The first-order valence-electron chi connectivity index (χ1n) is 13.0. The van der Waals surface area contributed by atoms with Crippen LogP contribution in [0.4, 0.5) is 21.9 Å². The number of amides is 3. The summed E-state index contributed by atoms with van der Waals surface area (Å²) in [7, 11) is 0. The third kappa shape index (κ3) is 7.72. The second-order valence-electron chi connectivity index (χ2n) is 9.42. The maximum atomic E-state index is 13.2. The second kappa shape index (κ2) is 13.1. The SMILES string of the molecule is CCN(CC)CCNC(=O)c1cc(NC(=O)Nc2ccc(C(C)C)cc2)ccc1N1CCCCC1. The monoisotopic (exact) mass is 479 g/mol. The predicted octanol–water partition coefficient (Wildman–Crippen LogP) is 5.52. The molecule has 0 aromatic heterocycles. The van der Waals surface area contributed by atoms with Gasteiger partial charge in [0.05, 0.1) is 5.56 Å². The molecule has 1 heterocycles. The minimum atomic E-state index is -0.332. The molecule has 0 bridgehead atoms. The van der Waals surface area contributed by atoms with Crippen LogP contribution in [0, 0.1) is 0 Å². The van der Waals surface area contributed by atoms with Crippen LogP contribution >= 0.6 is 0 Å². The standard InChI is InChI=1S/C28H41N5O2/c1-5-32(6-2)19-16-29-27(34)25-20-24(14-15-26(25)33-17-8-7-9-18-33)31-28(35)30-23-12-10-22(11-13-23)21(3)4/h10-15,20-21H,5-9,16-19H2,1-4H3,(H,29,34)(H2,30,31,35). The topological polar surface area (TPSA) is 76.7 Å². The number of likely N-dealkylation sites (N-methyl/N-ethyl adjacent to an activating group) is 1. The number of anilines is 3. The zero-order chi connectivity index (χ0) is 25.2. The van der Waals surface area contributed by atoms with Gasteiger partial charge in [0.15, 0.2) is 0 Å². The summed E-state index contributed by atoms with van der Waals surface area (Å²) >= 11 is 0. The molecule has 2 aromatic carbocycles. The average Bonchev–Trinajstić information content (AvgIpc) is 2.87. The molecule has 0 spiro atoms. The highest BCUT2D eigenvalue weighted by Gasteiger charge is 2.20. The number of hydrogen-bond donors (Lipinski definition) is 3. The lowest BCUT2D eigenvalue weighted by Gasteiger charge is -2.30. The number of piperidine rings is 1. The molecule has 35 heavy (non-hydrogen) atoms. The fourth-order valence-electron chi connectivity index (χ4n) is 4.41. The molecule has 0 saturated carbocycles. The van der Waals surface area contributed by atoms with E-state index >= 15 is 0 Å². The third-order valence-corrected chi connectivity index (χ3v) is 6.64. The summed E-state index contributed by atoms with van der Waals surface area (Å²) in [6, 6.07) is 13.1. The Hall–Kier alpha value is -3.06. The van der Waals surface area contributed by atoms with Crippen LogP contribution in [0.5, 0.6) is 0 Å². The number of nitrogens with zero attached hydrogens (tertiary/aromatic N) is 2. The van der Waals surface area contributed by atoms with E-state index in [-0.39, 0.29) is 11.9 Å². The quantitative estimate of drug-likeness (QED) is 0.420. The molecule has 1 aliphatic rings. The Bertz CT molecular complexity index is 964. The van der Waals surface area contributed by atoms with Crippen molar-refractivity contribution in [3.8, 4) is 0 Å². The Morgan fingerprint density at radius 2 is 1.54 bits per heavy atom. The number of hydrogen-bond acceptors (Lipinski definition) is 4. The van der Waals surface area contributed by atoms with Crippen LogP contribution in [-0.2, 0) is 0 Å². The summed E-state index contributed by atoms with van der Waals surface area (Å²) in [5.74, 6) is 0.332. The van der Waals surface area contributed by atoms with Crippen LogP contribution in [-0.4, -0.2) is 56.1 Å². The van der Waals surface area contributed by atoms with E-state index in [0.29, 0.717) is 23.7 Å². The Morgan fingerprint density at radius 3 is 2.17 bits per heavy atom. The van der Waals surface area contributed by atoms with Crippen molar-refractivity contribution in [2.75, 3.05) is 54.8 Å². The molecule has 1 aliphatic heterocycles. The van der Waals surface area contributed by atoms with Gasteiger partial charge < -0.3 is 25.8 Å². The lowest BCUT2D eigenvalue weighted by Crippen LogP contribution is -2.36. The van der Waals surface area contributed by atoms with Gasteiger partial charge in [-0.3, -0.25) is 4.79 Å². The third-order valence-electron chi connectivity index (χ3n) is 6.64. The Labute approximate surface area is 210 Å². The summed E-state index contributed by atoms with van der Waals surface area (Å²) in [5.41, 5.74) is 4.08. The van der Waals surface area contributed by atoms with Crippen molar-refractivity contribution in [2.24, 2.45) is 0 Å². The minimum Gasteiger partial charge on any atom is -0.371 e. The lowest BCUT2D eigenvalue weighted by atomic mass is 10.0. The van der Waals surface area contributed by atoms with Gasteiger partial charge in [-0.2, -0.15) is 0 Å². The van der Waals surface area contributed by atoms with Gasteiger partial charge in [0.1, 0.15) is 0 Å². The van der Waals surface area contributed by atoms with Crippen LogP contribution in [0.25, 0.3) is 0 Å². The molecule has 0 radical (unpaired) electrons. The fourth-order valence-corrected chi connectivity index (χ4v) is 4.41. The summed E-state index contributed by atoms with van der Waals surface area (Å²) in [6.45, 7) is 13.7. The molecule has 3 rings (SSSR count). The summed E-state index contributed by atoms with van der Waals surface area (Å²) in [4.78, 5) is 30.4. The molecule has 2 aromatic rings. The molecule has 0 atom stereocenters. The number of urea groups is 1. The van der Waals surface area contributed by atoms with Gasteiger partial charge in [0.25, 0.3) is 5.91 Å². The molecule has 1 saturated heterocycles. The highest BCUT2D eigenvalue weighted by molar-refractivity contribution is 6.04. The molecule has 1 fully saturated rings. The van der Waals surface area contributed by atoms with Crippen LogP contribution in [0.3, 0.4) is 0 Å². The van der Waals surface area contributed by atoms with Crippen molar-refractivity contribution in [1.29, 1.82) is 0 Å². The fraction of sp³-hybridized carbons (Fsp3) is 0.500. The van der Waals surface area contributed by atoms with E-state index in [1.165, 1.54) is 12.0 Å². The maximum absolute atomic E-state index is 13.2. The van der Waals surface area contributed by atoms with Crippen LogP contribution in [0.2, 0.25) is 0 Å². The van der Waals surface area contributed by atoms with Gasteiger partial charge in [-0.15, -0.1) is 0 Å². The number of carbonyl (C=O) groups is 2. The lowest BCUT2D eigenvalue weighted by molar-refractivity contribution is 0.0949. The Kier molecular flexibility index (Phi) is 9.97. The van der Waals surface area contributed by atoms with Crippen LogP contribution in [0.1, 0.15) is 68.8 Å². The van der Waals surface area contributed by atoms with Gasteiger partial charge in [0.2, 0.25) is 0 Å². The largest absolute Gasteiger partial charge is 0.371 e. The predicted molar refractivity (Wildman–Crippen MR) is 146 cm³/mol. The van der Waals surface area contributed by atoms with E-state index in [9.17, 15) is 9.59 Å². The summed E-state index contributed by atoms with van der Waals surface area (Å²) < 4.78 is 0. The van der Waals surface area contributed by atoms with E-state index in [1.54, 1.807) is 6.07 Å². The van der Waals surface area contributed by atoms with Gasteiger partial charge in [0, 0.05) is 43.2 Å². The van der Waals surface area contributed by atoms with Crippen molar-refractivity contribution in [3.05, 3.63) is 53.6 Å². The molecular formula is C28H41N5O2. The normalized spacial score (nSPS) is 13.7. The van der Waals surface area contributed by atoms with Crippen molar-refractivity contribution in [2.45, 2.75) is 52.9 Å². The number of nitrogens with one attached hydrogen (secondary N) is 3. The first-order chi connectivity index (χ1) is 16.9. The zero-order valence-electron chi connectivity index (χ0n) is 21.7. The second-order valence-corrected chi connectivity index (χ2v) is 9.42. The summed E-state index contributed by atoms with van der Waals surface area (Å²) in [6.07, 6.45) is 3.47. The van der Waals surface area contributed by atoms with E-state index in [1.807, 2.05) is 36.4 Å². The van der Waals surface area contributed by atoms with E-state index in [2.05, 4.69) is 53.4 Å². The van der Waals surface area contributed by atoms with E-state index < -0.39 is 0 Å². The molecule has 3 amide bonds. The van der Waals surface area contributed by atoms with E-state index in [0.717, 1.165) is 56.9 Å². The molecule has 7 heteroatoms. The number of benzene rings is 2. The Morgan fingerprint density at radius 1 is 0.914 bits per heavy atom. The highest BCUT2D eigenvalue weighted by atomic mass is 16.2. The first kappa shape index (κ1) is 26.5. The molecule has 190 valence electrons. The van der Waals surface area contributed by atoms with E-state index in [4.69, 9.17) is 0 Å². The van der Waals surface area contributed by atoms with Gasteiger partial charge in [-0.25, -0.2) is 4.79 Å². The maximum Gasteiger partial charge on any atom is 0.323 e. The van der Waals surface area contributed by atoms with Crippen molar-refractivity contribution < 1.29 is 9.59 Å². The number of rotatable bonds is 10. The Balaban J connectivity index is 1.71. The number of carbonyl (C=O) groups excluding carboxylic acids is 2. The summed E-state index contributed by atoms with van der Waals surface area (Å²) in [5, 5.41) is 8.84. The zero-order valence-corrected chi connectivity index (χ0v) is 21.7. The first-order valence-corrected chi connectivity index (χ1v) is 13.0. The van der Waals surface area contributed by atoms with Gasteiger partial charge >= 0.3 is 6.03 Å². The van der Waals surface area contributed by atoms with Crippen LogP contribution < -0.4 is 20.9 Å². The minimum absolute atomic E-state index is 0.105. The van der Waals surface area contributed by atoms with Crippen molar-refractivity contribution in [3.63, 3.8) is 0 Å². The molecule has 3 N–H and O–H groups in total. The van der Waals surface area contributed by atoms with Gasteiger partial charge in [-0.05, 0) is 74.2 Å². The van der Waals surface area contributed by atoms with Crippen molar-refractivity contribution in [1.82, 2.24) is 10.2 Å². The van der Waals surface area contributed by atoms with Crippen molar-refractivity contribution >= 4 is 29.0 Å². The van der Waals surface area contributed by atoms with Crippen LogP contribution in [0.15, 0.2) is 42.5 Å². The molecule has 0 unspecified atom stereocenters. The highest BCUT2D eigenvalue weighted by Crippen LogP contribution is 2.27.